The summed E-state index contributed by atoms with van der Waals surface area (Å²) in [6, 6.07) is 15.6. The van der Waals surface area contributed by atoms with Crippen molar-refractivity contribution < 1.29 is 18.0 Å². The second kappa shape index (κ2) is 10.4. The molecule has 1 aliphatic rings. The lowest BCUT2D eigenvalue weighted by atomic mass is 10.1. The fourth-order valence-electron chi connectivity index (χ4n) is 3.75. The highest BCUT2D eigenvalue weighted by atomic mass is 32.2. The third kappa shape index (κ3) is 5.63. The number of carbonyl (C=O) groups excluding carboxylic acids is 2. The standard InChI is InChI=1S/C24H24N4O4S2/c1-2-13-28-22(19-12-14-34(31,32)16-19)26-27-24(28)33-15-21(29)17-8-10-20(11-9-17)25-23(30)18-6-4-3-5-7-18/h2-11,19H,1,12-16H2,(H,25,30). The molecule has 0 spiro atoms. The summed E-state index contributed by atoms with van der Waals surface area (Å²) in [4.78, 5) is 25.0. The smallest absolute Gasteiger partial charge is 0.255 e. The minimum atomic E-state index is -3.05. The van der Waals surface area contributed by atoms with E-state index in [2.05, 4.69) is 22.1 Å². The minimum Gasteiger partial charge on any atom is -0.322 e. The van der Waals surface area contributed by atoms with E-state index < -0.39 is 9.84 Å². The Hall–Kier alpha value is -3.24. The molecule has 34 heavy (non-hydrogen) atoms. The summed E-state index contributed by atoms with van der Waals surface area (Å²) in [6.07, 6.45) is 2.22. The van der Waals surface area contributed by atoms with E-state index in [0.717, 1.165) is 0 Å². The van der Waals surface area contributed by atoms with Crippen molar-refractivity contribution in [1.29, 1.82) is 0 Å². The Morgan fingerprint density at radius 1 is 1.09 bits per heavy atom. The normalized spacial score (nSPS) is 16.8. The maximum Gasteiger partial charge on any atom is 0.255 e. The van der Waals surface area contributed by atoms with E-state index in [4.69, 9.17) is 0 Å². The molecule has 1 atom stereocenters. The number of Topliss-reactive ketones (excluding diaryl/α,β-unsaturated/α-hetero) is 1. The molecule has 0 saturated carbocycles. The molecule has 3 aromatic rings. The fourth-order valence-corrected chi connectivity index (χ4v) is 6.34. The third-order valence-corrected chi connectivity index (χ3v) is 8.22. The predicted molar refractivity (Wildman–Crippen MR) is 132 cm³/mol. The number of hydrogen-bond acceptors (Lipinski definition) is 7. The number of nitrogens with one attached hydrogen (secondary N) is 1. The summed E-state index contributed by atoms with van der Waals surface area (Å²) >= 11 is 1.25. The summed E-state index contributed by atoms with van der Waals surface area (Å²) in [7, 11) is -3.05. The molecule has 1 N–H and O–H groups in total. The van der Waals surface area contributed by atoms with Gasteiger partial charge in [0.25, 0.3) is 5.91 Å². The van der Waals surface area contributed by atoms with Crippen molar-refractivity contribution in [3.05, 3.63) is 84.2 Å². The maximum atomic E-state index is 12.7. The highest BCUT2D eigenvalue weighted by molar-refractivity contribution is 7.99. The molecule has 4 rings (SSSR count). The van der Waals surface area contributed by atoms with Gasteiger partial charge >= 0.3 is 0 Å². The van der Waals surface area contributed by atoms with Crippen molar-refractivity contribution in [2.75, 3.05) is 22.6 Å². The SMILES string of the molecule is C=CCn1c(SCC(=O)c2ccc(NC(=O)c3ccccc3)cc2)nnc1C1CCS(=O)(=O)C1. The molecule has 10 heteroatoms. The van der Waals surface area contributed by atoms with Crippen molar-refractivity contribution >= 4 is 39.0 Å². The third-order valence-electron chi connectivity index (χ3n) is 5.49. The van der Waals surface area contributed by atoms with Crippen LogP contribution in [0.3, 0.4) is 0 Å². The number of carbonyl (C=O) groups is 2. The molecule has 0 radical (unpaired) electrons. The first-order chi connectivity index (χ1) is 16.4. The topological polar surface area (TPSA) is 111 Å². The number of anilines is 1. The number of sulfone groups is 1. The molecule has 2 aromatic carbocycles. The van der Waals surface area contributed by atoms with E-state index >= 15 is 0 Å². The van der Waals surface area contributed by atoms with Gasteiger partial charge in [0.05, 0.1) is 17.3 Å². The number of ketones is 1. The van der Waals surface area contributed by atoms with Gasteiger partial charge in [0.1, 0.15) is 5.82 Å². The predicted octanol–water partition coefficient (Wildman–Crippen LogP) is 3.59. The lowest BCUT2D eigenvalue weighted by Crippen LogP contribution is -2.12. The zero-order chi connectivity index (χ0) is 24.1. The number of benzene rings is 2. The number of rotatable bonds is 9. The van der Waals surface area contributed by atoms with Gasteiger partial charge in [-0.05, 0) is 42.8 Å². The molecule has 1 saturated heterocycles. The van der Waals surface area contributed by atoms with Crippen LogP contribution in [0, 0.1) is 0 Å². The van der Waals surface area contributed by atoms with Gasteiger partial charge in [-0.3, -0.25) is 9.59 Å². The second-order valence-electron chi connectivity index (χ2n) is 7.95. The Bertz CT molecular complexity index is 1300. The van der Waals surface area contributed by atoms with Crippen LogP contribution in [0.5, 0.6) is 0 Å². The molecule has 176 valence electrons. The van der Waals surface area contributed by atoms with E-state index in [0.29, 0.717) is 40.8 Å². The Morgan fingerprint density at radius 2 is 1.82 bits per heavy atom. The summed E-state index contributed by atoms with van der Waals surface area (Å²) in [5.41, 5.74) is 1.67. The zero-order valence-corrected chi connectivity index (χ0v) is 20.0. The van der Waals surface area contributed by atoms with Crippen LogP contribution in [-0.2, 0) is 16.4 Å². The first kappa shape index (κ1) is 23.9. The van der Waals surface area contributed by atoms with Crippen LogP contribution in [0.1, 0.15) is 38.9 Å². The molecule has 0 bridgehead atoms. The molecular weight excluding hydrogens is 472 g/mol. The van der Waals surface area contributed by atoms with Crippen LogP contribution in [0.2, 0.25) is 0 Å². The zero-order valence-electron chi connectivity index (χ0n) is 18.4. The van der Waals surface area contributed by atoms with Gasteiger partial charge in [-0.25, -0.2) is 8.42 Å². The molecule has 2 heterocycles. The number of thioether (sulfide) groups is 1. The van der Waals surface area contributed by atoms with Crippen molar-refractivity contribution in [3.8, 4) is 0 Å². The summed E-state index contributed by atoms with van der Waals surface area (Å²) in [5.74, 6) is 0.483. The van der Waals surface area contributed by atoms with Crippen LogP contribution in [-0.4, -0.2) is 52.1 Å². The summed E-state index contributed by atoms with van der Waals surface area (Å²) in [5, 5.41) is 11.8. The Labute approximate surface area is 202 Å². The number of nitrogens with zero attached hydrogens (tertiary/aromatic N) is 3. The van der Waals surface area contributed by atoms with Crippen molar-refractivity contribution in [3.63, 3.8) is 0 Å². The molecule has 1 fully saturated rings. The molecule has 1 unspecified atom stereocenters. The van der Waals surface area contributed by atoms with Crippen molar-refractivity contribution in [2.45, 2.75) is 24.0 Å². The molecule has 1 aromatic heterocycles. The van der Waals surface area contributed by atoms with Crippen LogP contribution in [0.15, 0.2) is 72.4 Å². The molecule has 8 nitrogen and oxygen atoms in total. The van der Waals surface area contributed by atoms with Gasteiger partial charge in [-0.1, -0.05) is 36.0 Å². The van der Waals surface area contributed by atoms with Gasteiger partial charge in [-0.15, -0.1) is 16.8 Å². The highest BCUT2D eigenvalue weighted by Gasteiger charge is 2.33. The van der Waals surface area contributed by atoms with Gasteiger partial charge in [-0.2, -0.15) is 0 Å². The van der Waals surface area contributed by atoms with E-state index in [-0.39, 0.29) is 34.9 Å². The largest absolute Gasteiger partial charge is 0.322 e. The van der Waals surface area contributed by atoms with E-state index in [1.54, 1.807) is 54.6 Å². The molecule has 1 aliphatic heterocycles. The second-order valence-corrected chi connectivity index (χ2v) is 11.1. The van der Waals surface area contributed by atoms with Crippen LogP contribution in [0.4, 0.5) is 5.69 Å². The highest BCUT2D eigenvalue weighted by Crippen LogP contribution is 2.30. The summed E-state index contributed by atoms with van der Waals surface area (Å²) in [6.45, 7) is 4.20. The van der Waals surface area contributed by atoms with Crippen LogP contribution >= 0.6 is 11.8 Å². The summed E-state index contributed by atoms with van der Waals surface area (Å²) < 4.78 is 25.6. The average molecular weight is 497 g/mol. The Kier molecular flexibility index (Phi) is 7.28. The maximum absolute atomic E-state index is 12.7. The van der Waals surface area contributed by atoms with Gasteiger partial charge < -0.3 is 9.88 Å². The lowest BCUT2D eigenvalue weighted by molar-refractivity contribution is 0.101. The van der Waals surface area contributed by atoms with Gasteiger partial charge in [0.2, 0.25) is 0 Å². The quantitative estimate of drug-likeness (QED) is 0.274. The van der Waals surface area contributed by atoms with Gasteiger partial charge in [0.15, 0.2) is 20.8 Å². The van der Waals surface area contributed by atoms with Crippen molar-refractivity contribution in [1.82, 2.24) is 14.8 Å². The first-order valence-electron chi connectivity index (χ1n) is 10.7. The Balaban J connectivity index is 1.39. The van der Waals surface area contributed by atoms with E-state index in [1.807, 2.05) is 10.6 Å². The first-order valence-corrected chi connectivity index (χ1v) is 13.5. The number of allylic oxidation sites excluding steroid dienone is 1. The fraction of sp³-hybridized carbons (Fsp3) is 0.250. The molecule has 1 amide bonds. The molecule has 0 aliphatic carbocycles. The van der Waals surface area contributed by atoms with Crippen molar-refractivity contribution in [2.24, 2.45) is 0 Å². The number of hydrogen-bond donors (Lipinski definition) is 1. The van der Waals surface area contributed by atoms with E-state index in [9.17, 15) is 18.0 Å². The number of aromatic nitrogens is 3. The Morgan fingerprint density at radius 3 is 2.47 bits per heavy atom. The number of amides is 1. The van der Waals surface area contributed by atoms with E-state index in [1.165, 1.54) is 11.8 Å². The van der Waals surface area contributed by atoms with Crippen LogP contribution < -0.4 is 5.32 Å². The lowest BCUT2D eigenvalue weighted by Gasteiger charge is -2.11. The average Bonchev–Trinajstić information content (AvgIpc) is 3.41. The minimum absolute atomic E-state index is 0.0685. The van der Waals surface area contributed by atoms with Gasteiger partial charge in [0, 0.05) is 29.3 Å². The molecular formula is C24H24N4O4S2. The monoisotopic (exact) mass is 496 g/mol. The van der Waals surface area contributed by atoms with Crippen LogP contribution in [0.25, 0.3) is 0 Å².